The zero-order chi connectivity index (χ0) is 17.8. The normalized spacial score (nSPS) is 10.0. The maximum atomic E-state index is 12.0. The van der Waals surface area contributed by atoms with Crippen LogP contribution < -0.4 is 10.4 Å². The van der Waals surface area contributed by atoms with Crippen LogP contribution in [0.5, 0.6) is 5.75 Å². The van der Waals surface area contributed by atoms with Crippen molar-refractivity contribution < 1.29 is 18.7 Å². The molecule has 0 fully saturated rings. The van der Waals surface area contributed by atoms with E-state index < -0.39 is 11.6 Å². The summed E-state index contributed by atoms with van der Waals surface area (Å²) in [7, 11) is 2.89. The van der Waals surface area contributed by atoms with E-state index in [0.29, 0.717) is 22.1 Å². The summed E-state index contributed by atoms with van der Waals surface area (Å²) in [5, 5.41) is 0.620. The number of esters is 1. The Morgan fingerprint density at radius 2 is 1.76 bits per heavy atom. The van der Waals surface area contributed by atoms with Crippen LogP contribution in [0.25, 0.3) is 11.0 Å². The molecule has 0 spiro atoms. The third-order valence-electron chi connectivity index (χ3n) is 3.60. The summed E-state index contributed by atoms with van der Waals surface area (Å²) in [6.07, 6.45) is 0. The molecule has 1 aromatic heterocycles. The van der Waals surface area contributed by atoms with Gasteiger partial charge in [0.15, 0.2) is 0 Å². The van der Waals surface area contributed by atoms with Gasteiger partial charge in [0, 0.05) is 22.6 Å². The molecule has 0 bridgehead atoms. The molecule has 0 aliphatic rings. The number of fused-ring (bicyclic) bond motifs is 1. The highest BCUT2D eigenvalue weighted by Gasteiger charge is 2.13. The molecule has 0 radical (unpaired) electrons. The highest BCUT2D eigenvalue weighted by molar-refractivity contribution is 5.97. The van der Waals surface area contributed by atoms with E-state index in [-0.39, 0.29) is 0 Å². The fourth-order valence-electron chi connectivity index (χ4n) is 2.31. The summed E-state index contributed by atoms with van der Waals surface area (Å²) in [6, 6.07) is 13.3. The first-order chi connectivity index (χ1) is 12.1. The Morgan fingerprint density at radius 1 is 1.00 bits per heavy atom. The molecule has 0 amide bonds. The van der Waals surface area contributed by atoms with Crippen LogP contribution in [0, 0.1) is 11.8 Å². The molecule has 1 heterocycles. The van der Waals surface area contributed by atoms with Crippen molar-refractivity contribution in [2.45, 2.75) is 0 Å². The lowest BCUT2D eigenvalue weighted by Crippen LogP contribution is -2.05. The molecule has 124 valence electrons. The van der Waals surface area contributed by atoms with Crippen LogP contribution in [-0.2, 0) is 4.74 Å². The van der Waals surface area contributed by atoms with Crippen molar-refractivity contribution in [1.82, 2.24) is 0 Å². The Balaban J connectivity index is 2.11. The van der Waals surface area contributed by atoms with Gasteiger partial charge in [-0.25, -0.2) is 9.59 Å². The molecule has 5 heteroatoms. The molecule has 0 aliphatic carbocycles. The lowest BCUT2D eigenvalue weighted by atomic mass is 10.0. The van der Waals surface area contributed by atoms with Gasteiger partial charge in [0.1, 0.15) is 11.3 Å². The Bertz CT molecular complexity index is 1050. The average molecular weight is 334 g/mol. The third kappa shape index (κ3) is 3.54. The largest absolute Gasteiger partial charge is 0.497 e. The van der Waals surface area contributed by atoms with Gasteiger partial charge in [0.25, 0.3) is 0 Å². The number of benzene rings is 2. The van der Waals surface area contributed by atoms with Gasteiger partial charge in [-0.05, 0) is 42.5 Å². The molecule has 0 N–H and O–H groups in total. The topological polar surface area (TPSA) is 65.7 Å². The molecular weight excluding hydrogens is 320 g/mol. The van der Waals surface area contributed by atoms with Crippen molar-refractivity contribution in [2.75, 3.05) is 14.2 Å². The van der Waals surface area contributed by atoms with E-state index >= 15 is 0 Å². The fraction of sp³-hybridized carbons (Fsp3) is 0.100. The number of hydrogen-bond donors (Lipinski definition) is 0. The van der Waals surface area contributed by atoms with E-state index in [1.165, 1.54) is 13.2 Å². The SMILES string of the molecule is COC(=O)c1cc2ccc(=O)oc2cc1C#Cc1ccc(OC)cc1. The van der Waals surface area contributed by atoms with Gasteiger partial charge >= 0.3 is 11.6 Å². The molecule has 0 saturated heterocycles. The van der Waals surface area contributed by atoms with Gasteiger partial charge in [-0.1, -0.05) is 11.8 Å². The standard InChI is InChI=1S/C20H14O5/c1-23-16-8-4-13(5-9-16)3-6-14-12-18-15(7-10-19(21)25-18)11-17(14)20(22)24-2/h4-5,7-12H,1-2H3. The minimum atomic E-state index is -0.507. The predicted molar refractivity (Wildman–Crippen MR) is 92.8 cm³/mol. The zero-order valence-corrected chi connectivity index (χ0v) is 13.7. The molecule has 25 heavy (non-hydrogen) atoms. The number of methoxy groups -OCH3 is 2. The molecule has 0 saturated carbocycles. The minimum Gasteiger partial charge on any atom is -0.497 e. The van der Waals surface area contributed by atoms with Crippen LogP contribution in [0.4, 0.5) is 0 Å². The first kappa shape index (κ1) is 16.3. The minimum absolute atomic E-state index is 0.310. The van der Waals surface area contributed by atoms with Crippen molar-refractivity contribution in [3.63, 3.8) is 0 Å². The lowest BCUT2D eigenvalue weighted by molar-refractivity contribution is 0.0600. The second-order valence-electron chi connectivity index (χ2n) is 5.16. The fourth-order valence-corrected chi connectivity index (χ4v) is 2.31. The summed E-state index contributed by atoms with van der Waals surface area (Å²) >= 11 is 0. The summed E-state index contributed by atoms with van der Waals surface area (Å²) in [5.41, 5.74) is 1.38. The molecule has 5 nitrogen and oxygen atoms in total. The number of rotatable bonds is 2. The van der Waals surface area contributed by atoms with Gasteiger partial charge in [-0.15, -0.1) is 0 Å². The Labute approximate surface area is 143 Å². The van der Waals surface area contributed by atoms with E-state index in [0.717, 1.165) is 11.3 Å². The summed E-state index contributed by atoms with van der Waals surface area (Å²) < 4.78 is 15.1. The zero-order valence-electron chi connectivity index (χ0n) is 13.7. The second-order valence-corrected chi connectivity index (χ2v) is 5.16. The van der Waals surface area contributed by atoms with Gasteiger partial charge in [-0.2, -0.15) is 0 Å². The molecule has 2 aromatic carbocycles. The number of carbonyl (C=O) groups is 1. The summed E-state index contributed by atoms with van der Waals surface area (Å²) in [5.74, 6) is 6.14. The van der Waals surface area contributed by atoms with Gasteiger partial charge in [0.2, 0.25) is 0 Å². The number of carbonyl (C=O) groups excluding carboxylic acids is 1. The first-order valence-corrected chi connectivity index (χ1v) is 7.43. The van der Waals surface area contributed by atoms with Crippen molar-refractivity contribution in [2.24, 2.45) is 0 Å². The van der Waals surface area contributed by atoms with Crippen LogP contribution in [0.15, 0.2) is 57.7 Å². The van der Waals surface area contributed by atoms with Gasteiger partial charge in [0.05, 0.1) is 19.8 Å². The summed E-state index contributed by atoms with van der Waals surface area (Å²) in [6.45, 7) is 0. The van der Waals surface area contributed by atoms with E-state index in [4.69, 9.17) is 13.9 Å². The predicted octanol–water partition coefficient (Wildman–Crippen LogP) is 2.99. The van der Waals surface area contributed by atoms with Crippen molar-refractivity contribution in [1.29, 1.82) is 0 Å². The van der Waals surface area contributed by atoms with Crippen molar-refractivity contribution in [3.8, 4) is 17.6 Å². The molecular formula is C20H14O5. The first-order valence-electron chi connectivity index (χ1n) is 7.43. The number of hydrogen-bond acceptors (Lipinski definition) is 5. The molecule has 3 rings (SSSR count). The van der Waals surface area contributed by atoms with Gasteiger partial charge in [-0.3, -0.25) is 0 Å². The smallest absolute Gasteiger partial charge is 0.339 e. The number of ether oxygens (including phenoxy) is 2. The Hall–Kier alpha value is -3.52. The van der Waals surface area contributed by atoms with E-state index in [1.54, 1.807) is 37.4 Å². The van der Waals surface area contributed by atoms with Crippen LogP contribution in [0.2, 0.25) is 0 Å². The van der Waals surface area contributed by atoms with Crippen LogP contribution in [0.3, 0.4) is 0 Å². The summed E-state index contributed by atoms with van der Waals surface area (Å²) in [4.78, 5) is 23.4. The van der Waals surface area contributed by atoms with E-state index in [2.05, 4.69) is 11.8 Å². The van der Waals surface area contributed by atoms with E-state index in [1.807, 2.05) is 12.1 Å². The van der Waals surface area contributed by atoms with Crippen molar-refractivity contribution in [3.05, 3.63) is 75.6 Å². The maximum Gasteiger partial charge on any atom is 0.339 e. The lowest BCUT2D eigenvalue weighted by Gasteiger charge is -2.04. The highest BCUT2D eigenvalue weighted by Crippen LogP contribution is 2.20. The van der Waals surface area contributed by atoms with Crippen molar-refractivity contribution >= 4 is 16.9 Å². The maximum absolute atomic E-state index is 12.0. The van der Waals surface area contributed by atoms with Crippen LogP contribution in [0.1, 0.15) is 21.5 Å². The highest BCUT2D eigenvalue weighted by atomic mass is 16.5. The quantitative estimate of drug-likeness (QED) is 0.409. The molecule has 0 unspecified atom stereocenters. The monoisotopic (exact) mass is 334 g/mol. The Morgan fingerprint density at radius 3 is 2.44 bits per heavy atom. The second kappa shape index (κ2) is 6.93. The molecule has 0 atom stereocenters. The average Bonchev–Trinajstić information content (AvgIpc) is 2.65. The van der Waals surface area contributed by atoms with E-state index in [9.17, 15) is 9.59 Å². The van der Waals surface area contributed by atoms with Crippen LogP contribution in [-0.4, -0.2) is 20.2 Å². The molecule has 3 aromatic rings. The van der Waals surface area contributed by atoms with Crippen LogP contribution >= 0.6 is 0 Å². The third-order valence-corrected chi connectivity index (χ3v) is 3.60. The molecule has 0 aliphatic heterocycles. The Kier molecular flexibility index (Phi) is 4.53. The van der Waals surface area contributed by atoms with Gasteiger partial charge < -0.3 is 13.9 Å².